The van der Waals surface area contributed by atoms with Crippen molar-refractivity contribution < 1.29 is 13.8 Å². The molecule has 0 bridgehead atoms. The SMILES string of the molecule is Cc1noc(C)c1CSCC(=O)NCCCCCc1nc(-c2cccs2)no1. The van der Waals surface area contributed by atoms with Gasteiger partial charge < -0.3 is 14.4 Å². The van der Waals surface area contributed by atoms with Gasteiger partial charge in [-0.25, -0.2) is 0 Å². The van der Waals surface area contributed by atoms with Crippen molar-refractivity contribution in [2.75, 3.05) is 12.3 Å². The van der Waals surface area contributed by atoms with Crippen LogP contribution in [-0.2, 0) is 17.0 Å². The van der Waals surface area contributed by atoms with Gasteiger partial charge >= 0.3 is 0 Å². The van der Waals surface area contributed by atoms with E-state index in [4.69, 9.17) is 9.05 Å². The average molecular weight is 421 g/mol. The molecule has 3 rings (SSSR count). The molecule has 0 atom stereocenters. The molecule has 3 aromatic rings. The summed E-state index contributed by atoms with van der Waals surface area (Å²) in [7, 11) is 0. The van der Waals surface area contributed by atoms with Gasteiger partial charge in [0.05, 0.1) is 16.3 Å². The predicted molar refractivity (Wildman–Crippen MR) is 110 cm³/mol. The summed E-state index contributed by atoms with van der Waals surface area (Å²) in [6, 6.07) is 3.95. The number of rotatable bonds is 11. The highest BCUT2D eigenvalue weighted by atomic mass is 32.2. The van der Waals surface area contributed by atoms with Crippen LogP contribution in [0.4, 0.5) is 0 Å². The van der Waals surface area contributed by atoms with E-state index in [1.165, 1.54) is 0 Å². The van der Waals surface area contributed by atoms with E-state index in [0.29, 0.717) is 24.0 Å². The van der Waals surface area contributed by atoms with Gasteiger partial charge in [-0.2, -0.15) is 4.98 Å². The van der Waals surface area contributed by atoms with E-state index < -0.39 is 0 Å². The Bertz CT molecular complexity index is 854. The number of aromatic nitrogens is 3. The molecule has 3 aromatic heterocycles. The number of thioether (sulfide) groups is 1. The summed E-state index contributed by atoms with van der Waals surface area (Å²) in [6.45, 7) is 4.51. The van der Waals surface area contributed by atoms with Gasteiger partial charge in [0, 0.05) is 24.3 Å². The Balaban J connectivity index is 1.23. The topological polar surface area (TPSA) is 94.1 Å². The maximum absolute atomic E-state index is 11.9. The summed E-state index contributed by atoms with van der Waals surface area (Å²) in [5, 5.41) is 12.9. The second kappa shape index (κ2) is 10.4. The van der Waals surface area contributed by atoms with Crippen molar-refractivity contribution in [1.29, 1.82) is 0 Å². The molecule has 0 aliphatic carbocycles. The van der Waals surface area contributed by atoms with Gasteiger partial charge in [0.1, 0.15) is 5.76 Å². The number of nitrogens with zero attached hydrogens (tertiary/aromatic N) is 3. The molecule has 0 aliphatic heterocycles. The fraction of sp³-hybridized carbons (Fsp3) is 0.474. The first-order valence-corrected chi connectivity index (χ1v) is 11.3. The number of aryl methyl sites for hydroxylation is 3. The van der Waals surface area contributed by atoms with Crippen LogP contribution in [0.5, 0.6) is 0 Å². The second-order valence-corrected chi connectivity index (χ2v) is 8.38. The van der Waals surface area contributed by atoms with Gasteiger partial charge in [-0.3, -0.25) is 4.79 Å². The lowest BCUT2D eigenvalue weighted by atomic mass is 10.2. The van der Waals surface area contributed by atoms with Gasteiger partial charge in [-0.05, 0) is 38.1 Å². The lowest BCUT2D eigenvalue weighted by Gasteiger charge is -2.05. The van der Waals surface area contributed by atoms with E-state index in [0.717, 1.165) is 53.3 Å². The molecule has 0 spiro atoms. The van der Waals surface area contributed by atoms with E-state index >= 15 is 0 Å². The van der Waals surface area contributed by atoms with E-state index in [9.17, 15) is 4.79 Å². The standard InChI is InChI=1S/C19H24N4O3S2/c1-13-15(14(2)25-22-13)11-27-12-17(24)20-9-5-3-4-8-18-21-19(23-26-18)16-7-6-10-28-16/h6-7,10H,3-5,8-9,11-12H2,1-2H3,(H,20,24). The van der Waals surface area contributed by atoms with Crippen LogP contribution in [0.2, 0.25) is 0 Å². The van der Waals surface area contributed by atoms with Crippen molar-refractivity contribution in [1.82, 2.24) is 20.6 Å². The summed E-state index contributed by atoms with van der Waals surface area (Å²) in [6.07, 6.45) is 3.66. The highest BCUT2D eigenvalue weighted by Crippen LogP contribution is 2.22. The Morgan fingerprint density at radius 1 is 1.21 bits per heavy atom. The maximum Gasteiger partial charge on any atom is 0.230 e. The molecule has 9 heteroatoms. The highest BCUT2D eigenvalue weighted by molar-refractivity contribution is 7.99. The first-order chi connectivity index (χ1) is 13.6. The molecule has 3 heterocycles. The molecule has 7 nitrogen and oxygen atoms in total. The molecule has 0 saturated heterocycles. The molecule has 0 saturated carbocycles. The van der Waals surface area contributed by atoms with Crippen LogP contribution in [-0.4, -0.2) is 33.5 Å². The molecule has 0 unspecified atom stereocenters. The number of hydrogen-bond donors (Lipinski definition) is 1. The number of carbonyl (C=O) groups is 1. The molecule has 0 fully saturated rings. The molecule has 150 valence electrons. The van der Waals surface area contributed by atoms with Gasteiger partial charge in [0.25, 0.3) is 0 Å². The summed E-state index contributed by atoms with van der Waals surface area (Å²) in [5.74, 6) is 3.40. The Hall–Kier alpha value is -2.13. The zero-order valence-corrected chi connectivity index (χ0v) is 17.7. The van der Waals surface area contributed by atoms with Gasteiger partial charge in [0.15, 0.2) is 0 Å². The smallest absolute Gasteiger partial charge is 0.230 e. The van der Waals surface area contributed by atoms with E-state index in [2.05, 4.69) is 20.6 Å². The van der Waals surface area contributed by atoms with Crippen LogP contribution < -0.4 is 5.32 Å². The van der Waals surface area contributed by atoms with Gasteiger partial charge in [-0.15, -0.1) is 23.1 Å². The van der Waals surface area contributed by atoms with Crippen LogP contribution in [0.15, 0.2) is 26.6 Å². The van der Waals surface area contributed by atoms with E-state index in [1.807, 2.05) is 31.4 Å². The molecule has 28 heavy (non-hydrogen) atoms. The third-order valence-electron chi connectivity index (χ3n) is 4.26. The molecule has 1 N–H and O–H groups in total. The first-order valence-electron chi connectivity index (χ1n) is 9.26. The normalized spacial score (nSPS) is 11.1. The van der Waals surface area contributed by atoms with Crippen molar-refractivity contribution in [3.8, 4) is 10.7 Å². The lowest BCUT2D eigenvalue weighted by Crippen LogP contribution is -2.26. The van der Waals surface area contributed by atoms with Crippen molar-refractivity contribution in [2.45, 2.75) is 45.3 Å². The van der Waals surface area contributed by atoms with Crippen LogP contribution in [0.3, 0.4) is 0 Å². The summed E-state index contributed by atoms with van der Waals surface area (Å²) in [4.78, 5) is 17.3. The highest BCUT2D eigenvalue weighted by Gasteiger charge is 2.10. The van der Waals surface area contributed by atoms with Crippen LogP contribution in [0, 0.1) is 13.8 Å². The van der Waals surface area contributed by atoms with E-state index in [-0.39, 0.29) is 5.91 Å². The summed E-state index contributed by atoms with van der Waals surface area (Å²) in [5.41, 5.74) is 1.98. The fourth-order valence-electron chi connectivity index (χ4n) is 2.67. The summed E-state index contributed by atoms with van der Waals surface area (Å²) < 4.78 is 10.4. The van der Waals surface area contributed by atoms with Gasteiger partial charge in [-0.1, -0.05) is 22.8 Å². The number of carbonyl (C=O) groups excluding carboxylic acids is 1. The molecule has 0 aliphatic rings. The fourth-order valence-corrected chi connectivity index (χ4v) is 4.33. The third kappa shape index (κ3) is 5.93. The third-order valence-corrected chi connectivity index (χ3v) is 6.08. The zero-order chi connectivity index (χ0) is 19.8. The first kappa shape index (κ1) is 20.6. The average Bonchev–Trinajstić information content (AvgIpc) is 3.42. The molecule has 0 aromatic carbocycles. The molecule has 1 amide bonds. The van der Waals surface area contributed by atoms with Gasteiger partial charge in [0.2, 0.25) is 17.6 Å². The maximum atomic E-state index is 11.9. The molecular weight excluding hydrogens is 396 g/mol. The minimum Gasteiger partial charge on any atom is -0.361 e. The number of amides is 1. The number of thiophene rings is 1. The minimum absolute atomic E-state index is 0.0641. The van der Waals surface area contributed by atoms with Crippen molar-refractivity contribution in [3.63, 3.8) is 0 Å². The largest absolute Gasteiger partial charge is 0.361 e. The lowest BCUT2D eigenvalue weighted by molar-refractivity contribution is -0.118. The second-order valence-electron chi connectivity index (χ2n) is 6.45. The molecular formula is C19H24N4O3S2. The monoisotopic (exact) mass is 420 g/mol. The Labute approximate surface area is 172 Å². The van der Waals surface area contributed by atoms with Crippen molar-refractivity contribution in [3.05, 3.63) is 40.4 Å². The quantitative estimate of drug-likeness (QED) is 0.465. The Morgan fingerprint density at radius 3 is 2.86 bits per heavy atom. The van der Waals surface area contributed by atoms with Crippen LogP contribution in [0.25, 0.3) is 10.7 Å². The summed E-state index contributed by atoms with van der Waals surface area (Å²) >= 11 is 3.17. The predicted octanol–water partition coefficient (Wildman–Crippen LogP) is 4.17. The number of unbranched alkanes of at least 4 members (excludes halogenated alkanes) is 2. The van der Waals surface area contributed by atoms with Crippen molar-refractivity contribution in [2.24, 2.45) is 0 Å². The van der Waals surface area contributed by atoms with E-state index in [1.54, 1.807) is 23.1 Å². The number of nitrogens with one attached hydrogen (secondary N) is 1. The number of hydrogen-bond acceptors (Lipinski definition) is 8. The van der Waals surface area contributed by atoms with Crippen molar-refractivity contribution >= 4 is 29.0 Å². The zero-order valence-electron chi connectivity index (χ0n) is 16.1. The van der Waals surface area contributed by atoms with Crippen LogP contribution in [0.1, 0.15) is 42.2 Å². The minimum atomic E-state index is 0.0641. The Morgan fingerprint density at radius 2 is 2.11 bits per heavy atom. The molecule has 0 radical (unpaired) electrons. The Kier molecular flexibility index (Phi) is 7.67. The van der Waals surface area contributed by atoms with Crippen LogP contribution >= 0.6 is 23.1 Å².